The number of pyridine rings is 1. The van der Waals surface area contributed by atoms with Crippen LogP contribution < -0.4 is 9.47 Å². The molecule has 4 aromatic heterocycles. The summed E-state index contributed by atoms with van der Waals surface area (Å²) >= 11 is 0. The second-order valence-corrected chi connectivity index (χ2v) is 8.54. The number of hydrogen-bond donors (Lipinski definition) is 0. The second kappa shape index (κ2) is 8.14. The molecule has 1 fully saturated rings. The third-order valence-corrected chi connectivity index (χ3v) is 6.44. The molecule has 4 heterocycles. The highest BCUT2D eigenvalue weighted by atomic mass is 19.4. The smallest absolute Gasteiger partial charge is 0.417 e. The molecule has 0 amide bonds. The Kier molecular flexibility index (Phi) is 5.02. The topological polar surface area (TPSA) is 87.3 Å². The molecule has 5 aromatic rings. The molecule has 1 aliphatic carbocycles. The van der Waals surface area contributed by atoms with Crippen molar-refractivity contribution in [2.45, 2.75) is 24.4 Å². The molecule has 11 heteroatoms. The highest BCUT2D eigenvalue weighted by molar-refractivity contribution is 5.84. The first kappa shape index (κ1) is 22.2. The predicted octanol–water partition coefficient (Wildman–Crippen LogP) is 5.04. The lowest BCUT2D eigenvalue weighted by Crippen LogP contribution is -2.07. The number of halogens is 3. The average Bonchev–Trinajstić information content (AvgIpc) is 3.54. The van der Waals surface area contributed by atoms with Crippen LogP contribution >= 0.6 is 0 Å². The highest BCUT2D eigenvalue weighted by Crippen LogP contribution is 2.56. The Labute approximate surface area is 202 Å². The van der Waals surface area contributed by atoms with E-state index in [-0.39, 0.29) is 23.2 Å². The fourth-order valence-corrected chi connectivity index (χ4v) is 4.69. The minimum Gasteiger partial charge on any atom is -0.480 e. The number of benzene rings is 1. The zero-order valence-corrected chi connectivity index (χ0v) is 19.2. The largest absolute Gasteiger partial charge is 0.480 e. The van der Waals surface area contributed by atoms with Crippen LogP contribution in [0.25, 0.3) is 27.8 Å². The minimum absolute atomic E-state index is 0.0379. The monoisotopic (exact) mass is 492 g/mol. The lowest BCUT2D eigenvalue weighted by Gasteiger charge is -2.13. The summed E-state index contributed by atoms with van der Waals surface area (Å²) in [5.41, 5.74) is 2.90. The van der Waals surface area contributed by atoms with Crippen molar-refractivity contribution in [3.05, 3.63) is 71.8 Å². The minimum atomic E-state index is -4.48. The first-order chi connectivity index (χ1) is 17.4. The van der Waals surface area contributed by atoms with E-state index in [4.69, 9.17) is 9.47 Å². The molecule has 6 rings (SSSR count). The van der Waals surface area contributed by atoms with Crippen molar-refractivity contribution in [3.63, 3.8) is 0 Å². The summed E-state index contributed by atoms with van der Waals surface area (Å²) in [5, 5.41) is 4.72. The van der Waals surface area contributed by atoms with Gasteiger partial charge in [-0.15, -0.1) is 0 Å². The molecule has 1 aromatic carbocycles. The zero-order chi connectivity index (χ0) is 25.0. The van der Waals surface area contributed by atoms with Crippen LogP contribution in [-0.4, -0.2) is 43.8 Å². The first-order valence-electron chi connectivity index (χ1n) is 11.1. The molecule has 0 aliphatic heterocycles. The van der Waals surface area contributed by atoms with E-state index in [1.807, 2.05) is 6.07 Å². The van der Waals surface area contributed by atoms with Gasteiger partial charge in [-0.1, -0.05) is 6.07 Å². The standard InChI is InChI=1S/C25H19F3N6O2/c1-35-23-18(12-31-24(32-23)36-2)21-11-17(22-30-6-7-34(22)33-21)16-10-15(16)13-8-19(25(26,27)28)14-4-3-5-29-20(14)9-13/h3-9,11-12,15-16H,10H2,1-2H3/t15-,16+/m1/s1. The third-order valence-electron chi connectivity index (χ3n) is 6.44. The molecule has 0 radical (unpaired) electrons. The summed E-state index contributed by atoms with van der Waals surface area (Å²) in [6.45, 7) is 0. The Morgan fingerprint density at radius 2 is 1.86 bits per heavy atom. The maximum Gasteiger partial charge on any atom is 0.417 e. The third kappa shape index (κ3) is 3.67. The van der Waals surface area contributed by atoms with E-state index in [0.29, 0.717) is 40.3 Å². The number of rotatable bonds is 5. The summed E-state index contributed by atoms with van der Waals surface area (Å²) < 4.78 is 53.7. The van der Waals surface area contributed by atoms with Crippen LogP contribution in [0.15, 0.2) is 55.1 Å². The Morgan fingerprint density at radius 3 is 2.64 bits per heavy atom. The molecule has 182 valence electrons. The number of nitrogens with zero attached hydrogens (tertiary/aromatic N) is 6. The predicted molar refractivity (Wildman–Crippen MR) is 124 cm³/mol. The van der Waals surface area contributed by atoms with Crippen LogP contribution in [0, 0.1) is 0 Å². The SMILES string of the molecule is COc1ncc(-c2cc([C@H]3C[C@@H]3c3cc(C(F)(F)F)c4cccnc4c3)c3nccn3n2)c(OC)n1. The molecular formula is C25H19F3N6O2. The van der Waals surface area contributed by atoms with Gasteiger partial charge >= 0.3 is 12.2 Å². The summed E-state index contributed by atoms with van der Waals surface area (Å²) in [6, 6.07) is 8.01. The van der Waals surface area contributed by atoms with Crippen LogP contribution in [0.5, 0.6) is 11.9 Å². The van der Waals surface area contributed by atoms with E-state index in [1.54, 1.807) is 29.2 Å². The van der Waals surface area contributed by atoms with Crippen LogP contribution in [0.1, 0.15) is 34.9 Å². The summed E-state index contributed by atoms with van der Waals surface area (Å²) in [4.78, 5) is 17.0. The van der Waals surface area contributed by atoms with E-state index >= 15 is 0 Å². The molecule has 0 N–H and O–H groups in total. The molecule has 0 spiro atoms. The Hall–Kier alpha value is -4.28. The van der Waals surface area contributed by atoms with E-state index in [0.717, 1.165) is 5.56 Å². The summed E-state index contributed by atoms with van der Waals surface area (Å²) in [6.07, 6.45) is 2.62. The number of fused-ring (bicyclic) bond motifs is 2. The summed E-state index contributed by atoms with van der Waals surface area (Å²) in [5.74, 6) is 0.147. The summed E-state index contributed by atoms with van der Waals surface area (Å²) in [7, 11) is 2.95. The lowest BCUT2D eigenvalue weighted by atomic mass is 9.99. The van der Waals surface area contributed by atoms with Gasteiger partial charge in [0.15, 0.2) is 5.65 Å². The van der Waals surface area contributed by atoms with Crippen LogP contribution in [0.4, 0.5) is 13.2 Å². The van der Waals surface area contributed by atoms with Crippen molar-refractivity contribution in [3.8, 4) is 23.1 Å². The van der Waals surface area contributed by atoms with Crippen molar-refractivity contribution in [2.75, 3.05) is 14.2 Å². The van der Waals surface area contributed by atoms with Crippen molar-refractivity contribution >= 4 is 16.6 Å². The second-order valence-electron chi connectivity index (χ2n) is 8.54. The molecule has 1 aliphatic rings. The Balaban J connectivity index is 1.44. The van der Waals surface area contributed by atoms with Gasteiger partial charge in [0.25, 0.3) is 0 Å². The average molecular weight is 492 g/mol. The lowest BCUT2D eigenvalue weighted by molar-refractivity contribution is -0.136. The molecular weight excluding hydrogens is 473 g/mol. The fourth-order valence-electron chi connectivity index (χ4n) is 4.69. The molecule has 8 nitrogen and oxygen atoms in total. The van der Waals surface area contributed by atoms with E-state index in [9.17, 15) is 13.2 Å². The molecule has 0 saturated heterocycles. The van der Waals surface area contributed by atoms with Gasteiger partial charge in [-0.3, -0.25) is 4.98 Å². The number of alkyl halides is 3. The van der Waals surface area contributed by atoms with Gasteiger partial charge in [0.1, 0.15) is 0 Å². The van der Waals surface area contributed by atoms with Gasteiger partial charge in [0.2, 0.25) is 5.88 Å². The normalized spacial score (nSPS) is 17.5. The number of imidazole rings is 1. The van der Waals surface area contributed by atoms with Crippen molar-refractivity contribution in [1.29, 1.82) is 0 Å². The van der Waals surface area contributed by atoms with Crippen LogP contribution in [0.2, 0.25) is 0 Å². The number of methoxy groups -OCH3 is 2. The van der Waals surface area contributed by atoms with E-state index in [2.05, 4.69) is 25.0 Å². The Morgan fingerprint density at radius 1 is 1.00 bits per heavy atom. The van der Waals surface area contributed by atoms with Crippen LogP contribution in [-0.2, 0) is 6.18 Å². The van der Waals surface area contributed by atoms with E-state index < -0.39 is 11.7 Å². The molecule has 36 heavy (non-hydrogen) atoms. The van der Waals surface area contributed by atoms with Gasteiger partial charge in [-0.2, -0.15) is 23.3 Å². The Bertz CT molecular complexity index is 1620. The number of hydrogen-bond acceptors (Lipinski definition) is 7. The van der Waals surface area contributed by atoms with Gasteiger partial charge in [-0.05, 0) is 48.1 Å². The molecule has 0 bridgehead atoms. The van der Waals surface area contributed by atoms with E-state index in [1.165, 1.54) is 38.6 Å². The maximum absolute atomic E-state index is 13.9. The van der Waals surface area contributed by atoms with Gasteiger partial charge in [0, 0.05) is 35.7 Å². The quantitative estimate of drug-likeness (QED) is 0.340. The molecule has 2 atom stereocenters. The van der Waals surface area contributed by atoms with Gasteiger partial charge in [-0.25, -0.2) is 14.5 Å². The van der Waals surface area contributed by atoms with Crippen molar-refractivity contribution in [2.24, 2.45) is 0 Å². The zero-order valence-electron chi connectivity index (χ0n) is 19.2. The molecule has 0 unspecified atom stereocenters. The first-order valence-corrected chi connectivity index (χ1v) is 11.1. The maximum atomic E-state index is 13.9. The highest BCUT2D eigenvalue weighted by Gasteiger charge is 2.43. The van der Waals surface area contributed by atoms with Gasteiger partial charge in [0.05, 0.1) is 36.6 Å². The number of ether oxygens (including phenoxy) is 2. The number of aromatic nitrogens is 6. The van der Waals surface area contributed by atoms with Gasteiger partial charge < -0.3 is 9.47 Å². The fraction of sp³-hybridized carbons (Fsp3) is 0.240. The van der Waals surface area contributed by atoms with Crippen molar-refractivity contribution < 1.29 is 22.6 Å². The molecule has 1 saturated carbocycles. The van der Waals surface area contributed by atoms with Crippen molar-refractivity contribution in [1.82, 2.24) is 29.5 Å². The van der Waals surface area contributed by atoms with Crippen LogP contribution in [0.3, 0.4) is 0 Å².